The molecule has 1 fully saturated rings. The van der Waals surface area contributed by atoms with Gasteiger partial charge in [-0.3, -0.25) is 4.79 Å². The summed E-state index contributed by atoms with van der Waals surface area (Å²) >= 11 is 0. The molecule has 6 heteroatoms. The SMILES string of the molecule is COc1ccc(CC(=O)N2CCC(n3cnc4ccc(F)cc43)CC2)cc1. The van der Waals surface area contributed by atoms with Gasteiger partial charge in [0.25, 0.3) is 0 Å². The van der Waals surface area contributed by atoms with Gasteiger partial charge in [-0.2, -0.15) is 0 Å². The molecule has 1 saturated heterocycles. The standard InChI is InChI=1S/C21H22FN3O2/c1-27-18-5-2-15(3-6-18)12-21(26)24-10-8-17(9-11-24)25-14-23-19-7-4-16(22)13-20(19)25/h2-7,13-14,17H,8-12H2,1H3. The van der Waals surface area contributed by atoms with Crippen LogP contribution in [-0.4, -0.2) is 40.6 Å². The number of imidazole rings is 1. The summed E-state index contributed by atoms with van der Waals surface area (Å²) < 4.78 is 20.8. The van der Waals surface area contributed by atoms with Gasteiger partial charge < -0.3 is 14.2 Å². The number of hydrogen-bond acceptors (Lipinski definition) is 3. The molecule has 0 aliphatic carbocycles. The van der Waals surface area contributed by atoms with Crippen LogP contribution in [0.1, 0.15) is 24.4 Å². The number of ether oxygens (including phenoxy) is 1. The number of benzene rings is 2. The fourth-order valence-corrected chi connectivity index (χ4v) is 3.71. The van der Waals surface area contributed by atoms with Crippen molar-refractivity contribution < 1.29 is 13.9 Å². The van der Waals surface area contributed by atoms with Crippen molar-refractivity contribution >= 4 is 16.9 Å². The third-order valence-corrected chi connectivity index (χ3v) is 5.26. The van der Waals surface area contributed by atoms with E-state index in [1.54, 1.807) is 19.5 Å². The average molecular weight is 367 g/mol. The first-order chi connectivity index (χ1) is 13.1. The predicted molar refractivity (Wildman–Crippen MR) is 101 cm³/mol. The van der Waals surface area contributed by atoms with E-state index in [0.717, 1.165) is 35.2 Å². The molecular weight excluding hydrogens is 345 g/mol. The second-order valence-corrected chi connectivity index (χ2v) is 6.92. The summed E-state index contributed by atoms with van der Waals surface area (Å²) in [5.41, 5.74) is 2.60. The highest BCUT2D eigenvalue weighted by atomic mass is 19.1. The van der Waals surface area contributed by atoms with E-state index in [1.807, 2.05) is 33.7 Å². The Hall–Kier alpha value is -2.89. The van der Waals surface area contributed by atoms with Gasteiger partial charge in [0.2, 0.25) is 5.91 Å². The van der Waals surface area contributed by atoms with Crippen molar-refractivity contribution in [3.8, 4) is 5.75 Å². The zero-order valence-electron chi connectivity index (χ0n) is 15.3. The minimum absolute atomic E-state index is 0.139. The molecule has 0 unspecified atom stereocenters. The first-order valence-corrected chi connectivity index (χ1v) is 9.17. The number of likely N-dealkylation sites (tertiary alicyclic amines) is 1. The van der Waals surface area contributed by atoms with Crippen LogP contribution in [0.3, 0.4) is 0 Å². The summed E-state index contributed by atoms with van der Waals surface area (Å²) in [5.74, 6) is 0.674. The Kier molecular flexibility index (Phi) is 4.79. The van der Waals surface area contributed by atoms with Gasteiger partial charge in [-0.15, -0.1) is 0 Å². The number of nitrogens with zero attached hydrogens (tertiary/aromatic N) is 3. The summed E-state index contributed by atoms with van der Waals surface area (Å²) in [6, 6.07) is 12.5. The van der Waals surface area contributed by atoms with Gasteiger partial charge >= 0.3 is 0 Å². The Morgan fingerprint density at radius 1 is 1.19 bits per heavy atom. The largest absolute Gasteiger partial charge is 0.497 e. The molecule has 140 valence electrons. The Bertz CT molecular complexity index is 944. The molecule has 0 saturated carbocycles. The lowest BCUT2D eigenvalue weighted by Gasteiger charge is -2.33. The van der Waals surface area contributed by atoms with Crippen LogP contribution < -0.4 is 4.74 Å². The van der Waals surface area contributed by atoms with Crippen LogP contribution in [0.5, 0.6) is 5.75 Å². The van der Waals surface area contributed by atoms with E-state index in [9.17, 15) is 9.18 Å². The summed E-state index contributed by atoms with van der Waals surface area (Å²) in [4.78, 5) is 18.9. The number of aromatic nitrogens is 2. The quantitative estimate of drug-likeness (QED) is 0.708. The van der Waals surface area contributed by atoms with Gasteiger partial charge in [0.05, 0.1) is 30.9 Å². The number of hydrogen-bond donors (Lipinski definition) is 0. The summed E-state index contributed by atoms with van der Waals surface area (Å²) in [6.07, 6.45) is 3.87. The Labute approximate surface area is 157 Å². The fraction of sp³-hybridized carbons (Fsp3) is 0.333. The number of carbonyl (C=O) groups excluding carboxylic acids is 1. The third-order valence-electron chi connectivity index (χ3n) is 5.26. The maximum atomic E-state index is 13.6. The normalized spacial score (nSPS) is 15.3. The molecule has 0 bridgehead atoms. The molecule has 1 amide bonds. The lowest BCUT2D eigenvalue weighted by Crippen LogP contribution is -2.39. The Morgan fingerprint density at radius 2 is 1.93 bits per heavy atom. The van der Waals surface area contributed by atoms with Gasteiger partial charge in [-0.05, 0) is 48.7 Å². The number of halogens is 1. The third kappa shape index (κ3) is 3.65. The monoisotopic (exact) mass is 367 g/mol. The number of amides is 1. The molecule has 27 heavy (non-hydrogen) atoms. The number of rotatable bonds is 4. The molecule has 4 rings (SSSR count). The van der Waals surface area contributed by atoms with Gasteiger partial charge in [-0.1, -0.05) is 12.1 Å². The van der Waals surface area contributed by atoms with Crippen molar-refractivity contribution in [2.75, 3.05) is 20.2 Å². The van der Waals surface area contributed by atoms with E-state index in [0.29, 0.717) is 19.5 Å². The minimum Gasteiger partial charge on any atom is -0.497 e. The highest BCUT2D eigenvalue weighted by molar-refractivity contribution is 5.79. The summed E-state index contributed by atoms with van der Waals surface area (Å²) in [5, 5.41) is 0. The second kappa shape index (κ2) is 7.39. The predicted octanol–water partition coefficient (Wildman–Crippen LogP) is 3.59. The van der Waals surface area contributed by atoms with Gasteiger partial charge in [0.1, 0.15) is 11.6 Å². The Morgan fingerprint density at radius 3 is 2.63 bits per heavy atom. The van der Waals surface area contributed by atoms with Gasteiger partial charge in [0, 0.05) is 19.1 Å². The van der Waals surface area contributed by atoms with Crippen LogP contribution in [0, 0.1) is 5.82 Å². The van der Waals surface area contributed by atoms with Crippen molar-refractivity contribution in [1.82, 2.24) is 14.5 Å². The molecule has 0 N–H and O–H groups in total. The molecule has 1 aliphatic rings. The van der Waals surface area contributed by atoms with Crippen LogP contribution in [0.25, 0.3) is 11.0 Å². The lowest BCUT2D eigenvalue weighted by atomic mass is 10.0. The number of fused-ring (bicyclic) bond motifs is 1. The first kappa shape index (κ1) is 17.5. The number of carbonyl (C=O) groups is 1. The highest BCUT2D eigenvalue weighted by Gasteiger charge is 2.24. The van der Waals surface area contributed by atoms with Crippen molar-refractivity contribution in [3.05, 3.63) is 60.2 Å². The topological polar surface area (TPSA) is 47.4 Å². The van der Waals surface area contributed by atoms with Crippen LogP contribution in [-0.2, 0) is 11.2 Å². The molecule has 3 aromatic rings. The van der Waals surface area contributed by atoms with Crippen LogP contribution in [0.2, 0.25) is 0 Å². The van der Waals surface area contributed by atoms with E-state index < -0.39 is 0 Å². The zero-order chi connectivity index (χ0) is 18.8. The fourth-order valence-electron chi connectivity index (χ4n) is 3.71. The van der Waals surface area contributed by atoms with E-state index >= 15 is 0 Å². The van der Waals surface area contributed by atoms with E-state index in [4.69, 9.17) is 4.74 Å². The molecule has 2 aromatic carbocycles. The van der Waals surface area contributed by atoms with E-state index in [1.165, 1.54) is 12.1 Å². The molecule has 1 aliphatic heterocycles. The smallest absolute Gasteiger partial charge is 0.226 e. The maximum absolute atomic E-state index is 13.6. The summed E-state index contributed by atoms with van der Waals surface area (Å²) in [6.45, 7) is 1.41. The van der Waals surface area contributed by atoms with Crippen molar-refractivity contribution in [3.63, 3.8) is 0 Å². The number of piperidine rings is 1. The molecule has 2 heterocycles. The lowest BCUT2D eigenvalue weighted by molar-refractivity contribution is -0.131. The van der Waals surface area contributed by atoms with Gasteiger partial charge in [-0.25, -0.2) is 9.37 Å². The van der Waals surface area contributed by atoms with Gasteiger partial charge in [0.15, 0.2) is 0 Å². The molecule has 0 radical (unpaired) electrons. The zero-order valence-corrected chi connectivity index (χ0v) is 15.3. The summed E-state index contributed by atoms with van der Waals surface area (Å²) in [7, 11) is 1.63. The minimum atomic E-state index is -0.253. The van der Waals surface area contributed by atoms with Crippen molar-refractivity contribution in [2.24, 2.45) is 0 Å². The second-order valence-electron chi connectivity index (χ2n) is 6.92. The molecular formula is C21H22FN3O2. The van der Waals surface area contributed by atoms with E-state index in [2.05, 4.69) is 4.98 Å². The maximum Gasteiger partial charge on any atom is 0.226 e. The average Bonchev–Trinajstić information content (AvgIpc) is 3.11. The van der Waals surface area contributed by atoms with E-state index in [-0.39, 0.29) is 17.8 Å². The molecule has 0 spiro atoms. The molecule has 5 nitrogen and oxygen atoms in total. The highest BCUT2D eigenvalue weighted by Crippen LogP contribution is 2.27. The van der Waals surface area contributed by atoms with Crippen LogP contribution >= 0.6 is 0 Å². The van der Waals surface area contributed by atoms with Crippen molar-refractivity contribution in [1.29, 1.82) is 0 Å². The molecule has 0 atom stereocenters. The molecule has 1 aromatic heterocycles. The van der Waals surface area contributed by atoms with Crippen LogP contribution in [0.4, 0.5) is 4.39 Å². The van der Waals surface area contributed by atoms with Crippen LogP contribution in [0.15, 0.2) is 48.8 Å². The van der Waals surface area contributed by atoms with Crippen molar-refractivity contribution in [2.45, 2.75) is 25.3 Å². The first-order valence-electron chi connectivity index (χ1n) is 9.17. The number of methoxy groups -OCH3 is 1. The Balaban J connectivity index is 1.39.